The molecular formula is C15H8N2O. The van der Waals surface area contributed by atoms with Crippen molar-refractivity contribution in [1.82, 2.24) is 0 Å². The van der Waals surface area contributed by atoms with Gasteiger partial charge in [-0.3, -0.25) is 0 Å². The van der Waals surface area contributed by atoms with Gasteiger partial charge in [-0.25, -0.2) is 0 Å². The van der Waals surface area contributed by atoms with Gasteiger partial charge in [0.05, 0.1) is 5.39 Å². The first-order valence-corrected chi connectivity index (χ1v) is 5.82. The van der Waals surface area contributed by atoms with Crippen molar-refractivity contribution in [3.63, 3.8) is 0 Å². The highest BCUT2D eigenvalue weighted by atomic mass is 16.3. The van der Waals surface area contributed by atoms with Crippen LogP contribution in [0.1, 0.15) is 11.1 Å². The first-order chi connectivity index (χ1) is 8.81. The van der Waals surface area contributed by atoms with Gasteiger partial charge >= 0.3 is 5.69 Å². The van der Waals surface area contributed by atoms with Crippen LogP contribution in [0.2, 0.25) is 0 Å². The molecule has 4 rings (SSSR count). The Morgan fingerprint density at radius 3 is 2.22 bits per heavy atom. The van der Waals surface area contributed by atoms with Crippen LogP contribution in [0.25, 0.3) is 26.5 Å². The fourth-order valence-corrected chi connectivity index (χ4v) is 3.03. The third-order valence-corrected chi connectivity index (χ3v) is 3.75. The first kappa shape index (κ1) is 9.43. The molecule has 0 saturated heterocycles. The molecule has 0 radical (unpaired) electrons. The van der Waals surface area contributed by atoms with Crippen molar-refractivity contribution < 1.29 is 5.11 Å². The Hall–Kier alpha value is -2.60. The maximum Gasteiger partial charge on any atom is 0.385 e. The Morgan fingerprint density at radius 1 is 0.944 bits per heavy atom. The van der Waals surface area contributed by atoms with Crippen LogP contribution in [-0.2, 0) is 6.42 Å². The highest BCUT2D eigenvalue weighted by molar-refractivity contribution is 6.20. The van der Waals surface area contributed by atoms with Crippen LogP contribution >= 0.6 is 0 Å². The van der Waals surface area contributed by atoms with E-state index in [1.807, 2.05) is 18.2 Å². The molecule has 3 nitrogen and oxygen atoms in total. The summed E-state index contributed by atoms with van der Waals surface area (Å²) in [5, 5.41) is 24.9. The van der Waals surface area contributed by atoms with E-state index >= 15 is 0 Å². The van der Waals surface area contributed by atoms with Crippen molar-refractivity contribution in [1.29, 1.82) is 5.39 Å². The fraction of sp³-hybridized carbons (Fsp3) is 0.0667. The van der Waals surface area contributed by atoms with E-state index in [9.17, 15) is 5.11 Å². The largest absolute Gasteiger partial charge is 0.867 e. The zero-order chi connectivity index (χ0) is 12.3. The molecule has 0 aliphatic heterocycles. The van der Waals surface area contributed by atoms with Crippen molar-refractivity contribution in [3.05, 3.63) is 52.5 Å². The summed E-state index contributed by atoms with van der Waals surface area (Å²) in [6, 6.07) is 11.6. The van der Waals surface area contributed by atoms with Crippen LogP contribution in [-0.4, -0.2) is 0 Å². The van der Waals surface area contributed by atoms with E-state index in [1.54, 1.807) is 6.07 Å². The molecular weight excluding hydrogens is 224 g/mol. The monoisotopic (exact) mass is 232 g/mol. The zero-order valence-corrected chi connectivity index (χ0v) is 9.47. The summed E-state index contributed by atoms with van der Waals surface area (Å²) < 4.78 is 0. The van der Waals surface area contributed by atoms with E-state index in [1.165, 1.54) is 11.1 Å². The molecule has 3 aromatic carbocycles. The Morgan fingerprint density at radius 2 is 1.56 bits per heavy atom. The van der Waals surface area contributed by atoms with E-state index < -0.39 is 0 Å². The van der Waals surface area contributed by atoms with Crippen molar-refractivity contribution >= 4 is 27.2 Å². The summed E-state index contributed by atoms with van der Waals surface area (Å²) in [7, 11) is 0. The van der Waals surface area contributed by atoms with Crippen molar-refractivity contribution in [3.8, 4) is 5.75 Å². The number of hydrogen-bond acceptors (Lipinski definition) is 2. The summed E-state index contributed by atoms with van der Waals surface area (Å²) in [4.78, 5) is 3.20. The molecule has 0 atom stereocenters. The Bertz CT molecular complexity index is 875. The van der Waals surface area contributed by atoms with Gasteiger partial charge in [-0.05, 0) is 40.1 Å². The van der Waals surface area contributed by atoms with Crippen LogP contribution in [0.15, 0.2) is 36.4 Å². The Labute approximate surface area is 103 Å². The topological polar surface area (TPSA) is 51.2 Å². The highest BCUT2D eigenvalue weighted by Crippen LogP contribution is 2.47. The minimum atomic E-state index is -0.194. The molecule has 0 amide bonds. The minimum absolute atomic E-state index is 0.151. The van der Waals surface area contributed by atoms with E-state index in [2.05, 4.69) is 17.1 Å². The molecule has 1 aliphatic carbocycles. The molecule has 1 aliphatic rings. The lowest BCUT2D eigenvalue weighted by Gasteiger charge is -2.10. The summed E-state index contributed by atoms with van der Waals surface area (Å²) in [6.07, 6.45) is 0.846. The molecule has 0 spiro atoms. The first-order valence-electron chi connectivity index (χ1n) is 5.82. The van der Waals surface area contributed by atoms with Crippen LogP contribution in [0.4, 0.5) is 5.69 Å². The lowest BCUT2D eigenvalue weighted by atomic mass is 9.99. The second-order valence-electron chi connectivity index (χ2n) is 4.63. The van der Waals surface area contributed by atoms with Gasteiger partial charge in [0.1, 0.15) is 0 Å². The second kappa shape index (κ2) is 2.99. The third kappa shape index (κ3) is 0.917. The molecule has 0 heterocycles. The molecule has 18 heavy (non-hydrogen) atoms. The van der Waals surface area contributed by atoms with Gasteiger partial charge in [0.15, 0.2) is 4.98 Å². The van der Waals surface area contributed by atoms with Gasteiger partial charge in [-0.15, -0.1) is 0 Å². The van der Waals surface area contributed by atoms with E-state index in [0.717, 1.165) is 22.6 Å². The van der Waals surface area contributed by atoms with Gasteiger partial charge < -0.3 is 5.11 Å². The van der Waals surface area contributed by atoms with Crippen molar-refractivity contribution in [2.75, 3.05) is 0 Å². The third-order valence-electron chi connectivity index (χ3n) is 3.75. The standard InChI is InChI=1S/C15H8N2O/c16-17-14-10-5-1-3-8-7-9-4-2-6-11(15(14)18)13(9)12(8)10/h1-6H,7H2. The van der Waals surface area contributed by atoms with Crippen LogP contribution in [0, 0.1) is 5.39 Å². The molecule has 3 aromatic rings. The van der Waals surface area contributed by atoms with Gasteiger partial charge in [0, 0.05) is 5.39 Å². The van der Waals surface area contributed by atoms with Crippen LogP contribution in [0.5, 0.6) is 5.75 Å². The average Bonchev–Trinajstić information content (AvgIpc) is 2.77. The van der Waals surface area contributed by atoms with E-state index in [0.29, 0.717) is 5.39 Å². The number of diazo groups is 1. The minimum Gasteiger partial charge on any atom is -0.867 e. The summed E-state index contributed by atoms with van der Waals surface area (Å²) in [5.41, 5.74) is 2.53. The Balaban J connectivity index is 2.44. The summed E-state index contributed by atoms with van der Waals surface area (Å²) in [5.74, 6) is -0.194. The number of nitrogens with zero attached hydrogens (tertiary/aromatic N) is 2. The summed E-state index contributed by atoms with van der Waals surface area (Å²) in [6.45, 7) is 0. The molecule has 84 valence electrons. The van der Waals surface area contributed by atoms with Crippen molar-refractivity contribution in [2.45, 2.75) is 6.42 Å². The van der Waals surface area contributed by atoms with Crippen molar-refractivity contribution in [2.24, 2.45) is 0 Å². The van der Waals surface area contributed by atoms with Gasteiger partial charge in [0.25, 0.3) is 0 Å². The fourth-order valence-electron chi connectivity index (χ4n) is 3.03. The quantitative estimate of drug-likeness (QED) is 0.344. The predicted octanol–water partition coefficient (Wildman–Crippen LogP) is 3.46. The molecule has 0 unspecified atom stereocenters. The number of benzene rings is 3. The summed E-state index contributed by atoms with van der Waals surface area (Å²) >= 11 is 0. The normalized spacial score (nSPS) is 12.4. The molecule has 0 saturated carbocycles. The molecule has 0 aromatic heterocycles. The molecule has 0 fully saturated rings. The highest BCUT2D eigenvalue weighted by Gasteiger charge is 2.24. The van der Waals surface area contributed by atoms with Gasteiger partial charge in [-0.2, -0.15) is 0 Å². The average molecular weight is 232 g/mol. The lowest BCUT2D eigenvalue weighted by Crippen LogP contribution is -1.92. The molecule has 0 bridgehead atoms. The number of rotatable bonds is 0. The SMILES string of the molecule is N#[N+]c1c([O-])c2cccc3c2c2c(cccc12)C3. The second-order valence-corrected chi connectivity index (χ2v) is 4.63. The van der Waals surface area contributed by atoms with Gasteiger partial charge in [0.2, 0.25) is 5.39 Å². The van der Waals surface area contributed by atoms with E-state index in [-0.39, 0.29) is 11.4 Å². The van der Waals surface area contributed by atoms with Gasteiger partial charge in [-0.1, -0.05) is 30.3 Å². The molecule has 3 heteroatoms. The predicted molar refractivity (Wildman–Crippen MR) is 68.5 cm³/mol. The zero-order valence-electron chi connectivity index (χ0n) is 9.47. The lowest BCUT2D eigenvalue weighted by molar-refractivity contribution is -0.264. The number of hydrogen-bond donors (Lipinski definition) is 0. The maximum atomic E-state index is 12.3. The van der Waals surface area contributed by atoms with Crippen LogP contribution < -0.4 is 5.11 Å². The maximum absolute atomic E-state index is 12.3. The van der Waals surface area contributed by atoms with E-state index in [4.69, 9.17) is 5.39 Å². The van der Waals surface area contributed by atoms with Crippen LogP contribution in [0.3, 0.4) is 0 Å². The molecule has 0 N–H and O–H groups in total. The Kier molecular flexibility index (Phi) is 1.57. The smallest absolute Gasteiger partial charge is 0.385 e.